The lowest BCUT2D eigenvalue weighted by molar-refractivity contribution is -0.147. The summed E-state index contributed by atoms with van der Waals surface area (Å²) in [7, 11) is 0. The Labute approximate surface area is 115 Å². The standard InChI is InChI=1S/C14H16O4S/c1-2-18-14(17)10(8-11(15)9-5-6-9)13(16)12-4-3-7-19-12/h3-4,7,9-10H,2,5-6,8H2,1H3. The third kappa shape index (κ3) is 3.50. The van der Waals surface area contributed by atoms with Gasteiger partial charge in [0.2, 0.25) is 0 Å². The lowest BCUT2D eigenvalue weighted by Gasteiger charge is -2.12. The van der Waals surface area contributed by atoms with Crippen LogP contribution < -0.4 is 0 Å². The van der Waals surface area contributed by atoms with Gasteiger partial charge in [0.15, 0.2) is 5.78 Å². The third-order valence-electron chi connectivity index (χ3n) is 3.09. The fourth-order valence-corrected chi connectivity index (χ4v) is 2.61. The van der Waals surface area contributed by atoms with Gasteiger partial charge in [-0.25, -0.2) is 0 Å². The highest BCUT2D eigenvalue weighted by Crippen LogP contribution is 2.33. The van der Waals surface area contributed by atoms with Crippen molar-refractivity contribution < 1.29 is 19.1 Å². The van der Waals surface area contributed by atoms with Gasteiger partial charge in [0.25, 0.3) is 0 Å². The molecule has 0 N–H and O–H groups in total. The van der Waals surface area contributed by atoms with E-state index in [1.165, 1.54) is 11.3 Å². The van der Waals surface area contributed by atoms with E-state index in [1.54, 1.807) is 24.4 Å². The molecule has 0 aromatic carbocycles. The zero-order valence-electron chi connectivity index (χ0n) is 10.8. The summed E-state index contributed by atoms with van der Waals surface area (Å²) in [6.07, 6.45) is 1.73. The summed E-state index contributed by atoms with van der Waals surface area (Å²) >= 11 is 1.28. The molecule has 19 heavy (non-hydrogen) atoms. The number of ketones is 2. The Morgan fingerprint density at radius 2 is 2.16 bits per heavy atom. The number of ether oxygens (including phenoxy) is 1. The van der Waals surface area contributed by atoms with E-state index >= 15 is 0 Å². The van der Waals surface area contributed by atoms with Crippen molar-refractivity contribution in [3.8, 4) is 0 Å². The van der Waals surface area contributed by atoms with Gasteiger partial charge >= 0.3 is 5.97 Å². The van der Waals surface area contributed by atoms with Crippen molar-refractivity contribution in [2.75, 3.05) is 6.61 Å². The van der Waals surface area contributed by atoms with Gasteiger partial charge in [-0.05, 0) is 31.2 Å². The molecule has 4 nitrogen and oxygen atoms in total. The van der Waals surface area contributed by atoms with Crippen LogP contribution in [0.25, 0.3) is 0 Å². The van der Waals surface area contributed by atoms with E-state index < -0.39 is 11.9 Å². The second-order valence-electron chi connectivity index (χ2n) is 4.59. The van der Waals surface area contributed by atoms with Crippen molar-refractivity contribution in [3.63, 3.8) is 0 Å². The highest BCUT2D eigenvalue weighted by atomic mass is 32.1. The molecule has 0 aliphatic heterocycles. The monoisotopic (exact) mass is 280 g/mol. The molecule has 0 spiro atoms. The van der Waals surface area contributed by atoms with E-state index in [0.717, 1.165) is 12.8 Å². The van der Waals surface area contributed by atoms with E-state index in [2.05, 4.69) is 0 Å². The molecule has 1 aliphatic carbocycles. The minimum atomic E-state index is -0.980. The van der Waals surface area contributed by atoms with E-state index in [9.17, 15) is 14.4 Å². The number of thiophene rings is 1. The van der Waals surface area contributed by atoms with Gasteiger partial charge < -0.3 is 4.74 Å². The van der Waals surface area contributed by atoms with Crippen LogP contribution in [0.2, 0.25) is 0 Å². The number of carbonyl (C=O) groups excluding carboxylic acids is 3. The van der Waals surface area contributed by atoms with Crippen LogP contribution in [0.5, 0.6) is 0 Å². The molecular weight excluding hydrogens is 264 g/mol. The van der Waals surface area contributed by atoms with Gasteiger partial charge in [0.05, 0.1) is 11.5 Å². The number of hydrogen-bond acceptors (Lipinski definition) is 5. The molecule has 1 aromatic heterocycles. The Hall–Kier alpha value is -1.49. The van der Waals surface area contributed by atoms with Crippen molar-refractivity contribution in [2.45, 2.75) is 26.2 Å². The molecule has 1 fully saturated rings. The maximum Gasteiger partial charge on any atom is 0.317 e. The smallest absolute Gasteiger partial charge is 0.317 e. The summed E-state index contributed by atoms with van der Waals surface area (Å²) in [5, 5.41) is 1.78. The van der Waals surface area contributed by atoms with Gasteiger partial charge in [0, 0.05) is 12.3 Å². The molecule has 2 rings (SSSR count). The number of hydrogen-bond donors (Lipinski definition) is 0. The number of esters is 1. The first-order valence-electron chi connectivity index (χ1n) is 6.40. The van der Waals surface area contributed by atoms with Crippen LogP contribution in [-0.2, 0) is 14.3 Å². The normalized spacial score (nSPS) is 15.8. The molecule has 0 radical (unpaired) electrons. The Balaban J connectivity index is 2.10. The van der Waals surface area contributed by atoms with Gasteiger partial charge in [0.1, 0.15) is 11.7 Å². The van der Waals surface area contributed by atoms with E-state index in [1.807, 2.05) is 0 Å². The molecule has 1 heterocycles. The van der Waals surface area contributed by atoms with Crippen molar-refractivity contribution in [1.82, 2.24) is 0 Å². The Morgan fingerprint density at radius 1 is 1.42 bits per heavy atom. The summed E-state index contributed by atoms with van der Waals surface area (Å²) < 4.78 is 4.92. The second kappa shape index (κ2) is 6.10. The Bertz CT molecular complexity index is 474. The van der Waals surface area contributed by atoms with E-state index in [4.69, 9.17) is 4.74 Å². The first kappa shape index (κ1) is 13.9. The molecule has 1 atom stereocenters. The number of Topliss-reactive ketones (excluding diaryl/α,β-unsaturated/α-hetero) is 2. The van der Waals surface area contributed by atoms with Crippen molar-refractivity contribution in [2.24, 2.45) is 11.8 Å². The Morgan fingerprint density at radius 3 is 2.68 bits per heavy atom. The first-order chi connectivity index (χ1) is 9.13. The summed E-state index contributed by atoms with van der Waals surface area (Å²) in [5.74, 6) is -1.82. The molecule has 1 saturated carbocycles. The zero-order chi connectivity index (χ0) is 13.8. The lowest BCUT2D eigenvalue weighted by Crippen LogP contribution is -2.28. The van der Waals surface area contributed by atoms with Crippen LogP contribution in [0.3, 0.4) is 0 Å². The van der Waals surface area contributed by atoms with Crippen molar-refractivity contribution >= 4 is 28.9 Å². The van der Waals surface area contributed by atoms with Crippen LogP contribution >= 0.6 is 11.3 Å². The number of carbonyl (C=O) groups is 3. The predicted octanol–water partition coefficient (Wildman–Crippen LogP) is 2.48. The van der Waals surface area contributed by atoms with Gasteiger partial charge in [-0.3, -0.25) is 14.4 Å². The van der Waals surface area contributed by atoms with Gasteiger partial charge in [-0.2, -0.15) is 0 Å². The average molecular weight is 280 g/mol. The van der Waals surface area contributed by atoms with E-state index in [-0.39, 0.29) is 30.5 Å². The summed E-state index contributed by atoms with van der Waals surface area (Å²) in [5.41, 5.74) is 0. The highest BCUT2D eigenvalue weighted by Gasteiger charge is 2.37. The van der Waals surface area contributed by atoms with Crippen LogP contribution in [0, 0.1) is 11.8 Å². The largest absolute Gasteiger partial charge is 0.465 e. The minimum absolute atomic E-state index is 0.00274. The molecule has 0 saturated heterocycles. The van der Waals surface area contributed by atoms with Crippen LogP contribution in [0.15, 0.2) is 17.5 Å². The summed E-state index contributed by atoms with van der Waals surface area (Å²) in [4.78, 5) is 36.5. The number of rotatable bonds is 7. The highest BCUT2D eigenvalue weighted by molar-refractivity contribution is 7.12. The fourth-order valence-electron chi connectivity index (χ4n) is 1.89. The SMILES string of the molecule is CCOC(=O)C(CC(=O)C1CC1)C(=O)c1cccs1. The van der Waals surface area contributed by atoms with E-state index in [0.29, 0.717) is 4.88 Å². The molecule has 1 aromatic rings. The van der Waals surface area contributed by atoms with Crippen LogP contribution in [0.4, 0.5) is 0 Å². The van der Waals surface area contributed by atoms with Crippen molar-refractivity contribution in [3.05, 3.63) is 22.4 Å². The molecule has 102 valence electrons. The molecule has 5 heteroatoms. The molecule has 0 bridgehead atoms. The third-order valence-corrected chi connectivity index (χ3v) is 3.97. The molecule has 0 amide bonds. The quantitative estimate of drug-likeness (QED) is 0.437. The lowest BCUT2D eigenvalue weighted by atomic mass is 9.95. The minimum Gasteiger partial charge on any atom is -0.465 e. The second-order valence-corrected chi connectivity index (χ2v) is 5.54. The van der Waals surface area contributed by atoms with Crippen LogP contribution in [-0.4, -0.2) is 24.1 Å². The Kier molecular flexibility index (Phi) is 4.47. The van der Waals surface area contributed by atoms with Gasteiger partial charge in [-0.15, -0.1) is 11.3 Å². The zero-order valence-corrected chi connectivity index (χ0v) is 11.6. The topological polar surface area (TPSA) is 60.4 Å². The predicted molar refractivity (Wildman–Crippen MR) is 71.1 cm³/mol. The maximum atomic E-state index is 12.3. The molecule has 1 aliphatic rings. The fraction of sp³-hybridized carbons (Fsp3) is 0.500. The van der Waals surface area contributed by atoms with Crippen LogP contribution in [0.1, 0.15) is 35.9 Å². The first-order valence-corrected chi connectivity index (χ1v) is 7.28. The van der Waals surface area contributed by atoms with Gasteiger partial charge in [-0.1, -0.05) is 6.07 Å². The molecular formula is C14H16O4S. The maximum absolute atomic E-state index is 12.3. The van der Waals surface area contributed by atoms with Crippen molar-refractivity contribution in [1.29, 1.82) is 0 Å². The average Bonchev–Trinajstić information content (AvgIpc) is 3.10. The summed E-state index contributed by atoms with van der Waals surface area (Å²) in [6, 6.07) is 3.42. The summed E-state index contributed by atoms with van der Waals surface area (Å²) in [6.45, 7) is 1.90. The molecule has 1 unspecified atom stereocenters.